The highest BCUT2D eigenvalue weighted by Gasteiger charge is 2.47. The fourth-order valence-corrected chi connectivity index (χ4v) is 6.81. The molecule has 2 aliphatic rings. The Balaban J connectivity index is 1.65. The van der Waals surface area contributed by atoms with Crippen LogP contribution in [0.5, 0.6) is 0 Å². The van der Waals surface area contributed by atoms with E-state index in [1.165, 1.54) is 17.8 Å². The third-order valence-corrected chi connectivity index (χ3v) is 8.00. The number of thioether (sulfide) groups is 1. The second kappa shape index (κ2) is 7.39. The van der Waals surface area contributed by atoms with Crippen LogP contribution in [-0.4, -0.2) is 37.2 Å². The first-order valence-corrected chi connectivity index (χ1v) is 12.2. The van der Waals surface area contributed by atoms with Crippen molar-refractivity contribution in [1.82, 2.24) is 0 Å². The molecule has 142 valence electrons. The summed E-state index contributed by atoms with van der Waals surface area (Å²) in [6, 6.07) is 11.6. The van der Waals surface area contributed by atoms with E-state index in [-0.39, 0.29) is 23.6 Å². The highest BCUT2D eigenvalue weighted by molar-refractivity contribution is 9.10. The zero-order chi connectivity index (χ0) is 19.2. The first kappa shape index (κ1) is 19.2. The van der Waals surface area contributed by atoms with Gasteiger partial charge in [0, 0.05) is 15.2 Å². The highest BCUT2D eigenvalue weighted by Crippen LogP contribution is 2.37. The maximum atomic E-state index is 14.6. The summed E-state index contributed by atoms with van der Waals surface area (Å²) in [5.74, 6) is 0.191. The van der Waals surface area contributed by atoms with Gasteiger partial charge in [0.1, 0.15) is 5.82 Å². The van der Waals surface area contributed by atoms with Crippen LogP contribution < -0.4 is 4.90 Å². The summed E-state index contributed by atoms with van der Waals surface area (Å²) in [4.78, 5) is 6.36. The van der Waals surface area contributed by atoms with Crippen molar-refractivity contribution in [2.45, 2.75) is 17.8 Å². The fourth-order valence-electron chi connectivity index (χ4n) is 3.37. The van der Waals surface area contributed by atoms with Crippen molar-refractivity contribution in [3.8, 4) is 0 Å². The topological polar surface area (TPSA) is 49.7 Å². The Morgan fingerprint density at radius 3 is 2.81 bits per heavy atom. The van der Waals surface area contributed by atoms with Gasteiger partial charge in [0.2, 0.25) is 0 Å². The lowest BCUT2D eigenvalue weighted by molar-refractivity contribution is 0.600. The van der Waals surface area contributed by atoms with E-state index in [0.717, 1.165) is 5.56 Å². The maximum absolute atomic E-state index is 14.6. The molecular weight excluding hydrogens is 475 g/mol. The number of hydrogen-bond acceptors (Lipinski definition) is 5. The standard InChI is InChI=1S/C18H15BrClFN2O2S2/c19-12-4-5-16(14(21)7-12)23-17-10-27(24,25)9-15(17)22-18(23)26-8-11-2-1-3-13(20)6-11/h1-7,15,17H,8-10H2/t15-,17-/m0/s1. The molecule has 0 aliphatic carbocycles. The molecule has 1 fully saturated rings. The summed E-state index contributed by atoms with van der Waals surface area (Å²) in [6.45, 7) is 0. The molecule has 2 aliphatic heterocycles. The first-order valence-electron chi connectivity index (χ1n) is 8.22. The Morgan fingerprint density at radius 2 is 2.07 bits per heavy atom. The molecule has 4 nitrogen and oxygen atoms in total. The van der Waals surface area contributed by atoms with Crippen LogP contribution in [0.1, 0.15) is 5.56 Å². The normalized spacial score (nSPS) is 23.4. The molecule has 0 N–H and O–H groups in total. The van der Waals surface area contributed by atoms with Crippen molar-refractivity contribution in [3.63, 3.8) is 0 Å². The largest absolute Gasteiger partial charge is 0.312 e. The zero-order valence-corrected chi connectivity index (χ0v) is 18.0. The zero-order valence-electron chi connectivity index (χ0n) is 14.0. The first-order chi connectivity index (χ1) is 12.8. The molecule has 0 amide bonds. The van der Waals surface area contributed by atoms with Crippen LogP contribution in [0.3, 0.4) is 0 Å². The molecule has 2 aromatic rings. The van der Waals surface area contributed by atoms with Gasteiger partial charge in [0.05, 0.1) is 29.3 Å². The minimum Gasteiger partial charge on any atom is -0.312 e. The van der Waals surface area contributed by atoms with Crippen molar-refractivity contribution in [2.75, 3.05) is 16.4 Å². The quantitative estimate of drug-likeness (QED) is 0.636. The predicted octanol–water partition coefficient (Wildman–Crippen LogP) is 4.52. The van der Waals surface area contributed by atoms with Crippen LogP contribution in [0, 0.1) is 5.82 Å². The van der Waals surface area contributed by atoms with Crippen molar-refractivity contribution in [2.24, 2.45) is 4.99 Å². The average molecular weight is 490 g/mol. The van der Waals surface area contributed by atoms with Crippen LogP contribution in [0.4, 0.5) is 10.1 Å². The van der Waals surface area contributed by atoms with Gasteiger partial charge in [-0.3, -0.25) is 4.99 Å². The van der Waals surface area contributed by atoms with E-state index in [1.807, 2.05) is 24.3 Å². The Labute approximate surface area is 174 Å². The Bertz CT molecular complexity index is 1030. The van der Waals surface area contributed by atoms with Crippen LogP contribution >= 0.6 is 39.3 Å². The van der Waals surface area contributed by atoms with Gasteiger partial charge in [-0.1, -0.05) is 51.4 Å². The van der Waals surface area contributed by atoms with Crippen molar-refractivity contribution in [1.29, 1.82) is 0 Å². The van der Waals surface area contributed by atoms with E-state index >= 15 is 0 Å². The summed E-state index contributed by atoms with van der Waals surface area (Å²) < 4.78 is 39.4. The SMILES string of the molecule is O=S1(=O)C[C@@H]2N=C(SCc3cccc(Cl)c3)N(c3ccc(Br)cc3F)[C@H]2C1. The lowest BCUT2D eigenvalue weighted by Crippen LogP contribution is -2.39. The molecule has 0 saturated carbocycles. The molecule has 0 radical (unpaired) electrons. The maximum Gasteiger partial charge on any atom is 0.164 e. The monoisotopic (exact) mass is 488 g/mol. The number of fused-ring (bicyclic) bond motifs is 1. The fraction of sp³-hybridized carbons (Fsp3) is 0.278. The molecular formula is C18H15BrClFN2O2S2. The molecule has 0 aromatic heterocycles. The Morgan fingerprint density at radius 1 is 1.26 bits per heavy atom. The molecule has 2 heterocycles. The molecule has 1 saturated heterocycles. The van der Waals surface area contributed by atoms with Gasteiger partial charge in [-0.2, -0.15) is 0 Å². The molecule has 2 aromatic carbocycles. The third-order valence-electron chi connectivity index (χ3n) is 4.53. The van der Waals surface area contributed by atoms with Crippen LogP contribution in [-0.2, 0) is 15.6 Å². The number of halogens is 3. The third kappa shape index (κ3) is 4.04. The van der Waals surface area contributed by atoms with Crippen LogP contribution in [0.15, 0.2) is 51.9 Å². The lowest BCUT2D eigenvalue weighted by Gasteiger charge is -2.27. The van der Waals surface area contributed by atoms with Gasteiger partial charge in [-0.25, -0.2) is 12.8 Å². The van der Waals surface area contributed by atoms with Gasteiger partial charge < -0.3 is 4.90 Å². The molecule has 4 rings (SSSR count). The molecule has 2 atom stereocenters. The molecule has 9 heteroatoms. The summed E-state index contributed by atoms with van der Waals surface area (Å²) in [7, 11) is -3.17. The number of anilines is 1. The number of hydrogen-bond donors (Lipinski definition) is 0. The number of aliphatic imine (C=N–C) groups is 1. The van der Waals surface area contributed by atoms with Gasteiger partial charge in [-0.05, 0) is 35.9 Å². The Kier molecular flexibility index (Phi) is 5.26. The van der Waals surface area contributed by atoms with E-state index in [0.29, 0.717) is 26.1 Å². The van der Waals surface area contributed by atoms with Gasteiger partial charge >= 0.3 is 0 Å². The molecule has 27 heavy (non-hydrogen) atoms. The minimum absolute atomic E-state index is 0.00748. The summed E-state index contributed by atoms with van der Waals surface area (Å²) in [5.41, 5.74) is 1.37. The number of rotatable bonds is 3. The van der Waals surface area contributed by atoms with Crippen molar-refractivity contribution >= 4 is 60.0 Å². The average Bonchev–Trinajstić information content (AvgIpc) is 3.05. The number of amidine groups is 1. The second-order valence-corrected chi connectivity index (χ2v) is 11.0. The van der Waals surface area contributed by atoms with Gasteiger partial charge in [0.25, 0.3) is 0 Å². The number of benzene rings is 2. The lowest BCUT2D eigenvalue weighted by atomic mass is 10.1. The van der Waals surface area contributed by atoms with E-state index in [9.17, 15) is 12.8 Å². The van der Waals surface area contributed by atoms with E-state index in [1.54, 1.807) is 17.0 Å². The van der Waals surface area contributed by atoms with E-state index in [2.05, 4.69) is 20.9 Å². The van der Waals surface area contributed by atoms with Crippen LogP contribution in [0.25, 0.3) is 0 Å². The van der Waals surface area contributed by atoms with Crippen molar-refractivity contribution < 1.29 is 12.8 Å². The summed E-state index contributed by atoms with van der Waals surface area (Å²) in [6.07, 6.45) is 0. The number of sulfone groups is 1. The number of nitrogens with zero attached hydrogens (tertiary/aromatic N) is 2. The minimum atomic E-state index is -3.17. The van der Waals surface area contributed by atoms with Gasteiger partial charge in [0.15, 0.2) is 15.0 Å². The van der Waals surface area contributed by atoms with E-state index in [4.69, 9.17) is 11.6 Å². The Hall–Kier alpha value is -1.09. The summed E-state index contributed by atoms with van der Waals surface area (Å²) in [5, 5.41) is 1.29. The summed E-state index contributed by atoms with van der Waals surface area (Å²) >= 11 is 10.8. The highest BCUT2D eigenvalue weighted by atomic mass is 79.9. The molecule has 0 unspecified atom stereocenters. The van der Waals surface area contributed by atoms with Crippen molar-refractivity contribution in [3.05, 3.63) is 63.3 Å². The second-order valence-electron chi connectivity index (χ2n) is 6.51. The van der Waals surface area contributed by atoms with Gasteiger partial charge in [-0.15, -0.1) is 0 Å². The molecule has 0 spiro atoms. The smallest absolute Gasteiger partial charge is 0.164 e. The van der Waals surface area contributed by atoms with E-state index < -0.39 is 15.7 Å². The predicted molar refractivity (Wildman–Crippen MR) is 113 cm³/mol. The van der Waals surface area contributed by atoms with Crippen LogP contribution in [0.2, 0.25) is 5.02 Å². The molecule has 0 bridgehead atoms.